The number of carbonyl (C=O) groups excluding carboxylic acids is 1. The second kappa shape index (κ2) is 5.65. The van der Waals surface area contributed by atoms with E-state index in [0.29, 0.717) is 28.3 Å². The summed E-state index contributed by atoms with van der Waals surface area (Å²) >= 11 is 0. The average Bonchev–Trinajstić information content (AvgIpc) is 2.48. The highest BCUT2D eigenvalue weighted by Gasteiger charge is 2.18. The van der Waals surface area contributed by atoms with Gasteiger partial charge in [-0.25, -0.2) is 0 Å². The first-order chi connectivity index (χ1) is 9.58. The largest absolute Gasteiger partial charge is 0.497 e. The topological polar surface area (TPSA) is 61.5 Å². The maximum atomic E-state index is 12.7. The normalized spacial score (nSPS) is 10.2. The Morgan fingerprint density at radius 2 is 1.80 bits per heavy atom. The van der Waals surface area contributed by atoms with Crippen LogP contribution in [0.5, 0.6) is 11.5 Å². The Morgan fingerprint density at radius 1 is 1.05 bits per heavy atom. The highest BCUT2D eigenvalue weighted by Crippen LogP contribution is 2.28. The van der Waals surface area contributed by atoms with Gasteiger partial charge in [0, 0.05) is 11.3 Å². The molecule has 2 aromatic rings. The van der Waals surface area contributed by atoms with E-state index >= 15 is 0 Å². The van der Waals surface area contributed by atoms with Crippen molar-refractivity contribution < 1.29 is 14.3 Å². The molecule has 0 aliphatic carbocycles. The first-order valence-electron chi connectivity index (χ1n) is 6.20. The van der Waals surface area contributed by atoms with E-state index in [1.54, 1.807) is 43.5 Å². The molecule has 2 aromatic carbocycles. The zero-order valence-electron chi connectivity index (χ0n) is 11.8. The van der Waals surface area contributed by atoms with Crippen molar-refractivity contribution in [3.05, 3.63) is 53.1 Å². The molecule has 0 spiro atoms. The average molecular weight is 271 g/mol. The molecule has 0 bridgehead atoms. The first kappa shape index (κ1) is 13.9. The molecule has 0 amide bonds. The molecule has 0 heterocycles. The summed E-state index contributed by atoms with van der Waals surface area (Å²) in [7, 11) is 3.09. The van der Waals surface area contributed by atoms with E-state index < -0.39 is 0 Å². The molecular formula is C16H17NO3. The number of benzene rings is 2. The van der Waals surface area contributed by atoms with Gasteiger partial charge < -0.3 is 15.2 Å². The summed E-state index contributed by atoms with van der Waals surface area (Å²) in [5.74, 6) is 0.985. The Balaban J connectivity index is 2.55. The minimum Gasteiger partial charge on any atom is -0.497 e. The van der Waals surface area contributed by atoms with Crippen molar-refractivity contribution in [1.82, 2.24) is 0 Å². The highest BCUT2D eigenvalue weighted by atomic mass is 16.5. The zero-order chi connectivity index (χ0) is 14.7. The molecule has 0 fully saturated rings. The van der Waals surface area contributed by atoms with Crippen LogP contribution in [0.4, 0.5) is 5.69 Å². The number of hydrogen-bond acceptors (Lipinski definition) is 4. The second-order valence-corrected chi connectivity index (χ2v) is 4.42. The standard InChI is InChI=1S/C16H17NO3/c1-10-12(5-4-6-14(10)17)16(18)13-9-11(19-2)7-8-15(13)20-3/h4-9H,17H2,1-3H3. The predicted molar refractivity (Wildman–Crippen MR) is 78.6 cm³/mol. The van der Waals surface area contributed by atoms with Crippen LogP contribution in [-0.2, 0) is 0 Å². The molecule has 0 atom stereocenters. The number of ketones is 1. The maximum Gasteiger partial charge on any atom is 0.197 e. The molecule has 104 valence electrons. The number of ether oxygens (including phenoxy) is 2. The van der Waals surface area contributed by atoms with Crippen LogP contribution in [-0.4, -0.2) is 20.0 Å². The smallest absolute Gasteiger partial charge is 0.197 e. The lowest BCUT2D eigenvalue weighted by Gasteiger charge is -2.12. The van der Waals surface area contributed by atoms with Gasteiger partial charge in [0.05, 0.1) is 19.8 Å². The third kappa shape index (κ3) is 2.45. The van der Waals surface area contributed by atoms with Gasteiger partial charge in [-0.15, -0.1) is 0 Å². The SMILES string of the molecule is COc1ccc(OC)c(C(=O)c2cccc(N)c2C)c1. The molecule has 0 radical (unpaired) electrons. The molecule has 0 saturated heterocycles. The Bertz CT molecular complexity index is 650. The van der Waals surface area contributed by atoms with Gasteiger partial charge >= 0.3 is 0 Å². The summed E-state index contributed by atoms with van der Waals surface area (Å²) < 4.78 is 10.4. The fourth-order valence-corrected chi connectivity index (χ4v) is 2.04. The fraction of sp³-hybridized carbons (Fsp3) is 0.188. The van der Waals surface area contributed by atoms with E-state index in [1.165, 1.54) is 7.11 Å². The number of nitrogen functional groups attached to an aromatic ring is 1. The third-order valence-electron chi connectivity index (χ3n) is 3.27. The number of carbonyl (C=O) groups is 1. The Labute approximate surface area is 118 Å². The summed E-state index contributed by atoms with van der Waals surface area (Å²) in [6.45, 7) is 1.83. The van der Waals surface area contributed by atoms with Gasteiger partial charge in [-0.05, 0) is 36.8 Å². The van der Waals surface area contributed by atoms with Gasteiger partial charge in [-0.1, -0.05) is 12.1 Å². The van der Waals surface area contributed by atoms with E-state index in [9.17, 15) is 4.79 Å². The second-order valence-electron chi connectivity index (χ2n) is 4.42. The van der Waals surface area contributed by atoms with Crippen molar-refractivity contribution >= 4 is 11.5 Å². The van der Waals surface area contributed by atoms with Crippen LogP contribution < -0.4 is 15.2 Å². The molecule has 0 aliphatic heterocycles. The van der Waals surface area contributed by atoms with E-state index in [0.717, 1.165) is 5.56 Å². The molecular weight excluding hydrogens is 254 g/mol. The fourth-order valence-electron chi connectivity index (χ4n) is 2.04. The lowest BCUT2D eigenvalue weighted by Crippen LogP contribution is -2.07. The number of anilines is 1. The first-order valence-corrected chi connectivity index (χ1v) is 6.20. The van der Waals surface area contributed by atoms with Crippen molar-refractivity contribution in [2.75, 3.05) is 20.0 Å². The van der Waals surface area contributed by atoms with Crippen LogP contribution in [0.15, 0.2) is 36.4 Å². The third-order valence-corrected chi connectivity index (χ3v) is 3.27. The Morgan fingerprint density at radius 3 is 2.45 bits per heavy atom. The molecule has 2 N–H and O–H groups in total. The van der Waals surface area contributed by atoms with Crippen LogP contribution in [0, 0.1) is 6.92 Å². The van der Waals surface area contributed by atoms with E-state index in [2.05, 4.69) is 0 Å². The number of nitrogens with two attached hydrogens (primary N) is 1. The van der Waals surface area contributed by atoms with E-state index in [-0.39, 0.29) is 5.78 Å². The summed E-state index contributed by atoms with van der Waals surface area (Å²) in [6, 6.07) is 10.4. The predicted octanol–water partition coefficient (Wildman–Crippen LogP) is 2.83. The van der Waals surface area contributed by atoms with Crippen molar-refractivity contribution in [3.63, 3.8) is 0 Å². The van der Waals surface area contributed by atoms with Gasteiger partial charge in [0.2, 0.25) is 0 Å². The van der Waals surface area contributed by atoms with E-state index in [1.807, 2.05) is 6.92 Å². The van der Waals surface area contributed by atoms with E-state index in [4.69, 9.17) is 15.2 Å². The van der Waals surface area contributed by atoms with Crippen LogP contribution in [0.25, 0.3) is 0 Å². The minimum atomic E-state index is -0.134. The van der Waals surface area contributed by atoms with Crippen molar-refractivity contribution in [2.45, 2.75) is 6.92 Å². The van der Waals surface area contributed by atoms with Gasteiger partial charge in [-0.2, -0.15) is 0 Å². The van der Waals surface area contributed by atoms with Gasteiger partial charge in [0.1, 0.15) is 11.5 Å². The molecule has 20 heavy (non-hydrogen) atoms. The van der Waals surface area contributed by atoms with Crippen LogP contribution in [0.1, 0.15) is 21.5 Å². The number of hydrogen-bond donors (Lipinski definition) is 1. The molecule has 0 aliphatic rings. The molecule has 0 aromatic heterocycles. The minimum absolute atomic E-state index is 0.134. The molecule has 0 unspecified atom stereocenters. The summed E-state index contributed by atoms with van der Waals surface area (Å²) in [5.41, 5.74) is 8.24. The van der Waals surface area contributed by atoms with Gasteiger partial charge in [0.15, 0.2) is 5.78 Å². The maximum absolute atomic E-state index is 12.7. The van der Waals surface area contributed by atoms with Gasteiger partial charge in [0.25, 0.3) is 0 Å². The highest BCUT2D eigenvalue weighted by molar-refractivity contribution is 6.12. The lowest BCUT2D eigenvalue weighted by atomic mass is 9.97. The zero-order valence-corrected chi connectivity index (χ0v) is 11.8. The number of rotatable bonds is 4. The summed E-state index contributed by atoms with van der Waals surface area (Å²) in [4.78, 5) is 12.7. The molecule has 4 nitrogen and oxygen atoms in total. The van der Waals surface area contributed by atoms with Crippen LogP contribution in [0.2, 0.25) is 0 Å². The summed E-state index contributed by atoms with van der Waals surface area (Å²) in [5, 5.41) is 0. The van der Waals surface area contributed by atoms with Crippen molar-refractivity contribution in [1.29, 1.82) is 0 Å². The number of methoxy groups -OCH3 is 2. The molecule has 4 heteroatoms. The lowest BCUT2D eigenvalue weighted by molar-refractivity contribution is 0.103. The quantitative estimate of drug-likeness (QED) is 0.686. The molecule has 2 rings (SSSR count). The van der Waals surface area contributed by atoms with Crippen molar-refractivity contribution in [2.24, 2.45) is 0 Å². The Kier molecular flexibility index (Phi) is 3.94. The van der Waals surface area contributed by atoms with Crippen LogP contribution >= 0.6 is 0 Å². The monoisotopic (exact) mass is 271 g/mol. The van der Waals surface area contributed by atoms with Crippen molar-refractivity contribution in [3.8, 4) is 11.5 Å². The molecule has 0 saturated carbocycles. The Hall–Kier alpha value is -2.49. The van der Waals surface area contributed by atoms with Crippen LogP contribution in [0.3, 0.4) is 0 Å². The van der Waals surface area contributed by atoms with Gasteiger partial charge in [-0.3, -0.25) is 4.79 Å². The summed E-state index contributed by atoms with van der Waals surface area (Å²) in [6.07, 6.45) is 0.